The molecule has 0 atom stereocenters. The van der Waals surface area contributed by atoms with Gasteiger partial charge in [0.1, 0.15) is 11.4 Å². The van der Waals surface area contributed by atoms with Gasteiger partial charge in [-0.05, 0) is 31.0 Å². The first-order valence-corrected chi connectivity index (χ1v) is 9.28. The lowest BCUT2D eigenvalue weighted by molar-refractivity contribution is 0.0956. The number of hydrogen-bond donors (Lipinski definition) is 1. The monoisotopic (exact) mass is 373 g/mol. The number of halogens is 1. The third-order valence-electron chi connectivity index (χ3n) is 4.04. The van der Waals surface area contributed by atoms with Gasteiger partial charge in [0, 0.05) is 30.6 Å². The number of aromatic nitrogens is 4. The van der Waals surface area contributed by atoms with E-state index in [1.165, 1.54) is 29.9 Å². The van der Waals surface area contributed by atoms with Crippen molar-refractivity contribution >= 4 is 28.8 Å². The number of amides is 1. The van der Waals surface area contributed by atoms with E-state index in [0.717, 1.165) is 11.4 Å². The molecule has 25 heavy (non-hydrogen) atoms. The van der Waals surface area contributed by atoms with Crippen LogP contribution in [0.1, 0.15) is 34.1 Å². The smallest absolute Gasteiger partial charge is 0.261 e. The van der Waals surface area contributed by atoms with E-state index in [9.17, 15) is 4.79 Å². The molecule has 3 aromatic heterocycles. The summed E-state index contributed by atoms with van der Waals surface area (Å²) in [6.07, 6.45) is 7.40. The van der Waals surface area contributed by atoms with Crippen LogP contribution in [0.3, 0.4) is 0 Å². The maximum atomic E-state index is 12.1. The average molecular weight is 374 g/mol. The summed E-state index contributed by atoms with van der Waals surface area (Å²) in [5.41, 5.74) is 2.79. The van der Waals surface area contributed by atoms with Crippen LogP contribution in [0.5, 0.6) is 0 Å². The van der Waals surface area contributed by atoms with Gasteiger partial charge in [0.05, 0.1) is 22.0 Å². The predicted molar refractivity (Wildman–Crippen MR) is 96.9 cm³/mol. The number of carbonyl (C=O) groups is 1. The Hall–Kier alpha value is -2.25. The Labute approximate surface area is 153 Å². The first-order chi connectivity index (χ1) is 12.2. The average Bonchev–Trinajstić information content (AvgIpc) is 3.24. The topological polar surface area (TPSA) is 72.7 Å². The van der Waals surface area contributed by atoms with Crippen molar-refractivity contribution in [3.8, 4) is 11.4 Å². The maximum Gasteiger partial charge on any atom is 0.261 e. The zero-order chi connectivity index (χ0) is 17.2. The normalized spacial score (nSPS) is 13.8. The van der Waals surface area contributed by atoms with Gasteiger partial charge in [-0.15, -0.1) is 11.3 Å². The SMILES string of the molecule is O=C(NCCn1nc(-c2cnccn2)cc1C1CC1)c1ccc(Cl)s1. The van der Waals surface area contributed by atoms with Crippen molar-refractivity contribution in [1.29, 1.82) is 0 Å². The lowest BCUT2D eigenvalue weighted by Crippen LogP contribution is -2.27. The van der Waals surface area contributed by atoms with Crippen LogP contribution in [0, 0.1) is 0 Å². The Morgan fingerprint density at radius 3 is 2.88 bits per heavy atom. The largest absolute Gasteiger partial charge is 0.349 e. The number of rotatable bonds is 6. The summed E-state index contributed by atoms with van der Waals surface area (Å²) in [6, 6.07) is 5.55. The number of nitrogens with one attached hydrogen (secondary N) is 1. The van der Waals surface area contributed by atoms with Crippen LogP contribution in [-0.2, 0) is 6.54 Å². The molecule has 1 amide bonds. The van der Waals surface area contributed by atoms with Crippen LogP contribution in [0.15, 0.2) is 36.8 Å². The van der Waals surface area contributed by atoms with E-state index in [4.69, 9.17) is 11.6 Å². The molecule has 0 aliphatic heterocycles. The fourth-order valence-electron chi connectivity index (χ4n) is 2.67. The van der Waals surface area contributed by atoms with Gasteiger partial charge in [-0.25, -0.2) is 0 Å². The first-order valence-electron chi connectivity index (χ1n) is 8.08. The lowest BCUT2D eigenvalue weighted by atomic mass is 10.2. The van der Waals surface area contributed by atoms with Gasteiger partial charge < -0.3 is 5.32 Å². The Kier molecular flexibility index (Phi) is 4.50. The minimum absolute atomic E-state index is 0.105. The van der Waals surface area contributed by atoms with Crippen LogP contribution in [0.2, 0.25) is 4.34 Å². The van der Waals surface area contributed by atoms with Crippen molar-refractivity contribution in [1.82, 2.24) is 25.1 Å². The second-order valence-electron chi connectivity index (χ2n) is 5.90. The van der Waals surface area contributed by atoms with Gasteiger partial charge in [0.2, 0.25) is 0 Å². The molecule has 0 aromatic carbocycles. The van der Waals surface area contributed by atoms with Crippen LogP contribution in [0.25, 0.3) is 11.4 Å². The summed E-state index contributed by atoms with van der Waals surface area (Å²) in [6.45, 7) is 1.13. The Bertz CT molecular complexity index is 888. The van der Waals surface area contributed by atoms with E-state index in [1.807, 2.05) is 4.68 Å². The standard InChI is InChI=1S/C17H16ClN5OS/c18-16-4-3-15(25-16)17(24)21-7-8-23-14(11-1-2-11)9-12(22-23)13-10-19-5-6-20-13/h3-6,9-11H,1-2,7-8H2,(H,21,24). The molecule has 0 saturated heterocycles. The van der Waals surface area contributed by atoms with Crippen molar-refractivity contribution in [2.24, 2.45) is 0 Å². The first kappa shape index (κ1) is 16.2. The molecule has 0 radical (unpaired) electrons. The molecule has 0 unspecified atom stereocenters. The van der Waals surface area contributed by atoms with Crippen LogP contribution in [0.4, 0.5) is 0 Å². The van der Waals surface area contributed by atoms with E-state index < -0.39 is 0 Å². The highest BCUT2D eigenvalue weighted by Crippen LogP contribution is 2.41. The summed E-state index contributed by atoms with van der Waals surface area (Å²) in [5, 5.41) is 7.58. The third-order valence-corrected chi connectivity index (χ3v) is 5.27. The molecule has 0 spiro atoms. The fourth-order valence-corrected chi connectivity index (χ4v) is 3.63. The Morgan fingerprint density at radius 1 is 1.32 bits per heavy atom. The number of nitrogens with zero attached hydrogens (tertiary/aromatic N) is 4. The van der Waals surface area contributed by atoms with E-state index in [-0.39, 0.29) is 5.91 Å². The minimum atomic E-state index is -0.105. The summed E-state index contributed by atoms with van der Waals surface area (Å²) >= 11 is 7.15. The van der Waals surface area contributed by atoms with Crippen molar-refractivity contribution in [2.45, 2.75) is 25.3 Å². The van der Waals surface area contributed by atoms with E-state index in [0.29, 0.717) is 28.2 Å². The van der Waals surface area contributed by atoms with Gasteiger partial charge in [0.25, 0.3) is 5.91 Å². The highest BCUT2D eigenvalue weighted by molar-refractivity contribution is 7.17. The van der Waals surface area contributed by atoms with E-state index in [1.54, 1.807) is 30.7 Å². The highest BCUT2D eigenvalue weighted by Gasteiger charge is 2.28. The Balaban J connectivity index is 1.45. The summed E-state index contributed by atoms with van der Waals surface area (Å²) in [5.74, 6) is 0.455. The zero-order valence-corrected chi connectivity index (χ0v) is 14.9. The predicted octanol–water partition coefficient (Wildman–Crippen LogP) is 3.36. The van der Waals surface area contributed by atoms with Gasteiger partial charge in [-0.2, -0.15) is 5.10 Å². The van der Waals surface area contributed by atoms with E-state index in [2.05, 4.69) is 26.4 Å². The molecule has 1 saturated carbocycles. The Morgan fingerprint density at radius 2 is 2.20 bits per heavy atom. The second kappa shape index (κ2) is 6.93. The van der Waals surface area contributed by atoms with Crippen molar-refractivity contribution in [3.63, 3.8) is 0 Å². The third kappa shape index (κ3) is 3.72. The van der Waals surface area contributed by atoms with E-state index >= 15 is 0 Å². The van der Waals surface area contributed by atoms with Crippen molar-refractivity contribution in [3.05, 3.63) is 51.7 Å². The maximum absolute atomic E-state index is 12.1. The van der Waals surface area contributed by atoms with Gasteiger partial charge >= 0.3 is 0 Å². The molecule has 1 N–H and O–H groups in total. The lowest BCUT2D eigenvalue weighted by Gasteiger charge is -2.07. The molecule has 6 nitrogen and oxygen atoms in total. The second-order valence-corrected chi connectivity index (χ2v) is 7.62. The molecule has 3 heterocycles. The number of hydrogen-bond acceptors (Lipinski definition) is 5. The molecule has 4 rings (SSSR count). The summed E-state index contributed by atoms with van der Waals surface area (Å²) in [4.78, 5) is 21.1. The zero-order valence-electron chi connectivity index (χ0n) is 13.4. The van der Waals surface area contributed by atoms with Gasteiger partial charge in [-0.3, -0.25) is 19.4 Å². The molecule has 128 valence electrons. The molecule has 1 fully saturated rings. The van der Waals surface area contributed by atoms with Crippen LogP contribution >= 0.6 is 22.9 Å². The molecule has 3 aromatic rings. The molecular formula is C17H16ClN5OS. The number of thiophene rings is 1. The summed E-state index contributed by atoms with van der Waals surface area (Å²) in [7, 11) is 0. The minimum Gasteiger partial charge on any atom is -0.349 e. The highest BCUT2D eigenvalue weighted by atomic mass is 35.5. The number of carbonyl (C=O) groups excluding carboxylic acids is 1. The van der Waals surface area contributed by atoms with Gasteiger partial charge in [0.15, 0.2) is 0 Å². The molecular weight excluding hydrogens is 358 g/mol. The molecule has 0 bridgehead atoms. The van der Waals surface area contributed by atoms with Crippen molar-refractivity contribution < 1.29 is 4.79 Å². The van der Waals surface area contributed by atoms with Crippen LogP contribution in [-0.4, -0.2) is 32.2 Å². The summed E-state index contributed by atoms with van der Waals surface area (Å²) < 4.78 is 2.59. The molecule has 8 heteroatoms. The molecule has 1 aliphatic carbocycles. The van der Waals surface area contributed by atoms with Crippen molar-refractivity contribution in [2.75, 3.05) is 6.54 Å². The fraction of sp³-hybridized carbons (Fsp3) is 0.294. The van der Waals surface area contributed by atoms with Gasteiger partial charge in [-0.1, -0.05) is 11.6 Å². The molecule has 1 aliphatic rings. The van der Waals surface area contributed by atoms with Crippen LogP contribution < -0.4 is 5.32 Å². The quantitative estimate of drug-likeness (QED) is 0.719.